The highest BCUT2D eigenvalue weighted by Crippen LogP contribution is 2.28. The van der Waals surface area contributed by atoms with E-state index in [4.69, 9.17) is 10.00 Å². The maximum Gasteiger partial charge on any atom is 0.120 e. The van der Waals surface area contributed by atoms with Gasteiger partial charge in [0.05, 0.1) is 23.8 Å². The second kappa shape index (κ2) is 9.68. The number of hydrogen-bond donors (Lipinski definition) is 3. The Morgan fingerprint density at radius 3 is 2.34 bits per heavy atom. The molecule has 3 N–H and O–H groups in total. The van der Waals surface area contributed by atoms with E-state index < -0.39 is 11.7 Å². The van der Waals surface area contributed by atoms with Crippen LogP contribution in [-0.2, 0) is 0 Å². The number of aliphatic hydroxyl groups is 3. The zero-order valence-electron chi connectivity index (χ0n) is 17.9. The van der Waals surface area contributed by atoms with Gasteiger partial charge in [-0.2, -0.15) is 5.26 Å². The SMILES string of the molecule is N#Cc1ccc(-c2ccc3ccc(OCC(O)CN4CCC(O)(CO)CC4)cc3c2)cc1. The van der Waals surface area contributed by atoms with Gasteiger partial charge in [0.1, 0.15) is 18.5 Å². The quantitative estimate of drug-likeness (QED) is 0.531. The van der Waals surface area contributed by atoms with E-state index in [1.165, 1.54) is 0 Å². The van der Waals surface area contributed by atoms with Crippen LogP contribution in [0.4, 0.5) is 0 Å². The molecule has 6 nitrogen and oxygen atoms in total. The van der Waals surface area contributed by atoms with Crippen LogP contribution in [0.1, 0.15) is 18.4 Å². The molecule has 4 rings (SSSR count). The predicted molar refractivity (Wildman–Crippen MR) is 123 cm³/mol. The average Bonchev–Trinajstić information content (AvgIpc) is 2.84. The number of ether oxygens (including phenoxy) is 1. The van der Waals surface area contributed by atoms with Crippen LogP contribution in [0.25, 0.3) is 21.9 Å². The van der Waals surface area contributed by atoms with Gasteiger partial charge in [-0.3, -0.25) is 0 Å². The number of aliphatic hydroxyl groups excluding tert-OH is 2. The highest BCUT2D eigenvalue weighted by Gasteiger charge is 2.32. The molecule has 0 saturated carbocycles. The summed E-state index contributed by atoms with van der Waals surface area (Å²) in [4.78, 5) is 2.09. The third-order valence-corrected chi connectivity index (χ3v) is 6.15. The minimum Gasteiger partial charge on any atom is -0.491 e. The Hall–Kier alpha value is -2.95. The molecule has 32 heavy (non-hydrogen) atoms. The van der Waals surface area contributed by atoms with E-state index in [0.29, 0.717) is 43.8 Å². The van der Waals surface area contributed by atoms with E-state index in [2.05, 4.69) is 29.2 Å². The molecular formula is C26H28N2O4. The third kappa shape index (κ3) is 5.26. The molecule has 0 aliphatic carbocycles. The lowest BCUT2D eigenvalue weighted by molar-refractivity contribution is -0.0656. The molecule has 0 amide bonds. The summed E-state index contributed by atoms with van der Waals surface area (Å²) in [5.74, 6) is 0.696. The number of rotatable bonds is 7. The molecule has 1 heterocycles. The molecule has 0 bridgehead atoms. The smallest absolute Gasteiger partial charge is 0.120 e. The van der Waals surface area contributed by atoms with Crippen LogP contribution in [-0.4, -0.2) is 64.8 Å². The molecule has 1 fully saturated rings. The van der Waals surface area contributed by atoms with Crippen LogP contribution in [0.15, 0.2) is 60.7 Å². The Balaban J connectivity index is 1.37. The van der Waals surface area contributed by atoms with Crippen molar-refractivity contribution in [1.29, 1.82) is 5.26 Å². The highest BCUT2D eigenvalue weighted by atomic mass is 16.5. The Bertz CT molecular complexity index is 1100. The van der Waals surface area contributed by atoms with Crippen molar-refractivity contribution in [2.75, 3.05) is 32.8 Å². The molecule has 3 aromatic rings. The number of hydrogen-bond acceptors (Lipinski definition) is 6. The zero-order valence-corrected chi connectivity index (χ0v) is 17.9. The lowest BCUT2D eigenvalue weighted by Gasteiger charge is -2.37. The Morgan fingerprint density at radius 2 is 1.66 bits per heavy atom. The first kappa shape index (κ1) is 22.3. The first-order valence-electron chi connectivity index (χ1n) is 10.9. The maximum absolute atomic E-state index is 10.4. The predicted octanol–water partition coefficient (Wildman–Crippen LogP) is 2.94. The number of piperidine rings is 1. The van der Waals surface area contributed by atoms with Crippen LogP contribution < -0.4 is 4.74 Å². The standard InChI is InChI=1S/C26H28N2O4/c27-15-19-1-3-20(4-2-19)22-6-5-21-7-8-25(14-23(21)13-22)32-17-24(30)16-28-11-9-26(31,18-29)10-12-28/h1-8,13-14,24,29-31H,9-12,16-18H2. The number of benzene rings is 3. The Labute approximate surface area is 187 Å². The number of fused-ring (bicyclic) bond motifs is 1. The van der Waals surface area contributed by atoms with Crippen molar-refractivity contribution < 1.29 is 20.1 Å². The molecule has 6 heteroatoms. The zero-order chi connectivity index (χ0) is 22.6. The van der Waals surface area contributed by atoms with Gasteiger partial charge >= 0.3 is 0 Å². The fourth-order valence-electron chi connectivity index (χ4n) is 4.08. The fourth-order valence-corrected chi connectivity index (χ4v) is 4.08. The monoisotopic (exact) mass is 432 g/mol. The van der Waals surface area contributed by atoms with Crippen molar-refractivity contribution in [1.82, 2.24) is 4.90 Å². The van der Waals surface area contributed by atoms with Gasteiger partial charge in [-0.1, -0.05) is 30.3 Å². The molecule has 0 aromatic heterocycles. The van der Waals surface area contributed by atoms with Crippen molar-refractivity contribution in [3.63, 3.8) is 0 Å². The van der Waals surface area contributed by atoms with Crippen LogP contribution in [0.5, 0.6) is 5.75 Å². The minimum absolute atomic E-state index is 0.182. The third-order valence-electron chi connectivity index (χ3n) is 6.15. The molecule has 1 aliphatic heterocycles. The second-order valence-corrected chi connectivity index (χ2v) is 8.56. The van der Waals surface area contributed by atoms with E-state index in [-0.39, 0.29) is 13.2 Å². The van der Waals surface area contributed by atoms with E-state index in [0.717, 1.165) is 21.9 Å². The summed E-state index contributed by atoms with van der Waals surface area (Å²) in [6.07, 6.45) is 0.364. The average molecular weight is 433 g/mol. The first-order valence-corrected chi connectivity index (χ1v) is 10.9. The van der Waals surface area contributed by atoms with Gasteiger partial charge in [0.25, 0.3) is 0 Å². The topological polar surface area (TPSA) is 97.0 Å². The van der Waals surface area contributed by atoms with Crippen molar-refractivity contribution in [3.8, 4) is 22.9 Å². The van der Waals surface area contributed by atoms with Crippen LogP contribution in [0.2, 0.25) is 0 Å². The van der Waals surface area contributed by atoms with Gasteiger partial charge in [0, 0.05) is 19.6 Å². The summed E-state index contributed by atoms with van der Waals surface area (Å²) >= 11 is 0. The lowest BCUT2D eigenvalue weighted by Crippen LogP contribution is -2.48. The summed E-state index contributed by atoms with van der Waals surface area (Å²) in [6.45, 7) is 1.71. The Morgan fingerprint density at radius 1 is 0.969 bits per heavy atom. The number of β-amino-alcohol motifs (C(OH)–C–C–N with tert-alkyl or cyclic N) is 1. The van der Waals surface area contributed by atoms with Crippen LogP contribution in [0.3, 0.4) is 0 Å². The maximum atomic E-state index is 10.4. The fraction of sp³-hybridized carbons (Fsp3) is 0.346. The van der Waals surface area contributed by atoms with Crippen molar-refractivity contribution in [2.24, 2.45) is 0 Å². The molecule has 0 spiro atoms. The summed E-state index contributed by atoms with van der Waals surface area (Å²) in [7, 11) is 0. The van der Waals surface area contributed by atoms with E-state index in [1.807, 2.05) is 42.5 Å². The van der Waals surface area contributed by atoms with Crippen LogP contribution in [0, 0.1) is 11.3 Å². The first-order chi connectivity index (χ1) is 15.5. The van der Waals surface area contributed by atoms with Crippen LogP contribution >= 0.6 is 0 Å². The minimum atomic E-state index is -0.986. The molecular weight excluding hydrogens is 404 g/mol. The van der Waals surface area contributed by atoms with Gasteiger partial charge < -0.3 is 25.0 Å². The van der Waals surface area contributed by atoms with Gasteiger partial charge in [-0.05, 0) is 65.1 Å². The summed E-state index contributed by atoms with van der Waals surface area (Å²) in [5, 5.41) is 40.9. The molecule has 1 unspecified atom stereocenters. The molecule has 166 valence electrons. The summed E-state index contributed by atoms with van der Waals surface area (Å²) in [5.41, 5.74) is 1.76. The van der Waals surface area contributed by atoms with Gasteiger partial charge in [-0.25, -0.2) is 0 Å². The van der Waals surface area contributed by atoms with E-state index >= 15 is 0 Å². The van der Waals surface area contributed by atoms with Gasteiger partial charge in [-0.15, -0.1) is 0 Å². The summed E-state index contributed by atoms with van der Waals surface area (Å²) in [6, 6.07) is 21.7. The second-order valence-electron chi connectivity index (χ2n) is 8.56. The molecule has 1 saturated heterocycles. The number of nitrogens with zero attached hydrogens (tertiary/aromatic N) is 2. The number of likely N-dealkylation sites (tertiary alicyclic amines) is 1. The lowest BCUT2D eigenvalue weighted by atomic mass is 9.92. The van der Waals surface area contributed by atoms with Crippen molar-refractivity contribution >= 4 is 10.8 Å². The summed E-state index contributed by atoms with van der Waals surface area (Å²) < 4.78 is 5.85. The molecule has 3 aromatic carbocycles. The molecule has 1 aliphatic rings. The normalized spacial score (nSPS) is 17.1. The van der Waals surface area contributed by atoms with E-state index in [9.17, 15) is 15.3 Å². The number of nitriles is 1. The van der Waals surface area contributed by atoms with Crippen molar-refractivity contribution in [3.05, 3.63) is 66.2 Å². The van der Waals surface area contributed by atoms with Crippen molar-refractivity contribution in [2.45, 2.75) is 24.5 Å². The highest BCUT2D eigenvalue weighted by molar-refractivity contribution is 5.88. The van der Waals surface area contributed by atoms with Gasteiger partial charge in [0.15, 0.2) is 0 Å². The van der Waals surface area contributed by atoms with E-state index in [1.54, 1.807) is 0 Å². The molecule has 0 radical (unpaired) electrons. The largest absolute Gasteiger partial charge is 0.491 e. The van der Waals surface area contributed by atoms with Gasteiger partial charge in [0.2, 0.25) is 0 Å². The molecule has 1 atom stereocenters. The Kier molecular flexibility index (Phi) is 6.73.